The van der Waals surface area contributed by atoms with E-state index in [1.54, 1.807) is 23.3 Å². The van der Waals surface area contributed by atoms with Gasteiger partial charge in [-0.15, -0.1) is 10.2 Å². The maximum Gasteiger partial charge on any atom is 0.235 e. The van der Waals surface area contributed by atoms with E-state index in [9.17, 15) is 4.79 Å². The summed E-state index contributed by atoms with van der Waals surface area (Å²) >= 11 is 0. The van der Waals surface area contributed by atoms with E-state index < -0.39 is 0 Å². The van der Waals surface area contributed by atoms with E-state index in [0.717, 1.165) is 18.5 Å². The Morgan fingerprint density at radius 1 is 1.16 bits per heavy atom. The number of anilines is 1. The first-order chi connectivity index (χ1) is 12.3. The molecule has 2 heterocycles. The zero-order valence-corrected chi connectivity index (χ0v) is 13.7. The highest BCUT2D eigenvalue weighted by atomic mass is 16.1. The molecule has 1 N–H and O–H groups in total. The lowest BCUT2D eigenvalue weighted by molar-refractivity contribution is -0.117. The van der Waals surface area contributed by atoms with Gasteiger partial charge in [0, 0.05) is 12.6 Å². The predicted octanol–water partition coefficient (Wildman–Crippen LogP) is 3.18. The van der Waals surface area contributed by atoms with Crippen molar-refractivity contribution < 1.29 is 4.79 Å². The zero-order chi connectivity index (χ0) is 17.1. The average Bonchev–Trinajstić information content (AvgIpc) is 3.07. The van der Waals surface area contributed by atoms with Crippen LogP contribution < -0.4 is 5.32 Å². The van der Waals surface area contributed by atoms with Gasteiger partial charge in [-0.05, 0) is 42.4 Å². The number of amides is 1. The minimum Gasteiger partial charge on any atom is -0.294 e. The van der Waals surface area contributed by atoms with Crippen molar-refractivity contribution in [3.8, 4) is 5.69 Å². The number of nitrogens with zero attached hydrogens (tertiary/aromatic N) is 4. The molecule has 2 aromatic heterocycles. The number of nitrogens with one attached hydrogen (secondary N) is 1. The SMILES string of the molecule is O=C(CC1CC(c2ccccc2)C1)Nc1nncn1-c1cccnc1. The van der Waals surface area contributed by atoms with Crippen molar-refractivity contribution in [2.45, 2.75) is 25.2 Å². The molecular formula is C19H19N5O. The molecule has 0 atom stereocenters. The summed E-state index contributed by atoms with van der Waals surface area (Å²) in [6.07, 6.45) is 7.62. The van der Waals surface area contributed by atoms with E-state index in [-0.39, 0.29) is 5.91 Å². The molecule has 126 valence electrons. The molecule has 4 rings (SSSR count). The van der Waals surface area contributed by atoms with Crippen LogP contribution in [0.1, 0.15) is 30.7 Å². The van der Waals surface area contributed by atoms with Crippen LogP contribution in [0.3, 0.4) is 0 Å². The van der Waals surface area contributed by atoms with Gasteiger partial charge in [0.05, 0.1) is 11.9 Å². The summed E-state index contributed by atoms with van der Waals surface area (Å²) in [4.78, 5) is 16.4. The Bertz CT molecular complexity index is 841. The minimum absolute atomic E-state index is 0.0188. The number of hydrogen-bond donors (Lipinski definition) is 1. The number of rotatable bonds is 5. The Balaban J connectivity index is 1.33. The Morgan fingerprint density at radius 3 is 2.76 bits per heavy atom. The highest BCUT2D eigenvalue weighted by Gasteiger charge is 2.31. The second-order valence-corrected chi connectivity index (χ2v) is 6.43. The Morgan fingerprint density at radius 2 is 2.00 bits per heavy atom. The molecule has 6 nitrogen and oxygen atoms in total. The van der Waals surface area contributed by atoms with Crippen LogP contribution in [0.4, 0.5) is 5.95 Å². The van der Waals surface area contributed by atoms with E-state index in [4.69, 9.17) is 0 Å². The first-order valence-corrected chi connectivity index (χ1v) is 8.45. The van der Waals surface area contributed by atoms with Crippen molar-refractivity contribution in [1.29, 1.82) is 0 Å². The molecule has 1 fully saturated rings. The lowest BCUT2D eigenvalue weighted by Crippen LogP contribution is -2.27. The van der Waals surface area contributed by atoms with E-state index in [1.165, 1.54) is 5.56 Å². The minimum atomic E-state index is -0.0188. The fraction of sp³-hybridized carbons (Fsp3) is 0.263. The maximum absolute atomic E-state index is 12.3. The van der Waals surface area contributed by atoms with Crippen LogP contribution in [0, 0.1) is 5.92 Å². The third-order valence-corrected chi connectivity index (χ3v) is 4.70. The Labute approximate surface area is 145 Å². The van der Waals surface area contributed by atoms with Crippen LogP contribution in [-0.4, -0.2) is 25.7 Å². The summed E-state index contributed by atoms with van der Waals surface area (Å²) in [5.41, 5.74) is 2.19. The molecule has 6 heteroatoms. The molecule has 1 aliphatic rings. The van der Waals surface area contributed by atoms with E-state index in [0.29, 0.717) is 24.2 Å². The second kappa shape index (κ2) is 6.84. The second-order valence-electron chi connectivity index (χ2n) is 6.43. The Hall–Kier alpha value is -3.02. The zero-order valence-electron chi connectivity index (χ0n) is 13.7. The molecule has 1 amide bonds. The largest absolute Gasteiger partial charge is 0.294 e. The Kier molecular flexibility index (Phi) is 4.24. The summed E-state index contributed by atoms with van der Waals surface area (Å²) in [6, 6.07) is 14.2. The van der Waals surface area contributed by atoms with E-state index >= 15 is 0 Å². The van der Waals surface area contributed by atoms with Crippen molar-refractivity contribution in [3.05, 3.63) is 66.7 Å². The van der Waals surface area contributed by atoms with Gasteiger partial charge in [-0.1, -0.05) is 30.3 Å². The maximum atomic E-state index is 12.3. The van der Waals surface area contributed by atoms with Gasteiger partial charge < -0.3 is 0 Å². The molecule has 0 saturated heterocycles. The number of aromatic nitrogens is 4. The van der Waals surface area contributed by atoms with Crippen molar-refractivity contribution >= 4 is 11.9 Å². The molecule has 0 spiro atoms. The summed E-state index contributed by atoms with van der Waals surface area (Å²) < 4.78 is 1.72. The fourth-order valence-electron chi connectivity index (χ4n) is 3.34. The number of benzene rings is 1. The van der Waals surface area contributed by atoms with Crippen LogP contribution in [0.5, 0.6) is 0 Å². The topological polar surface area (TPSA) is 72.7 Å². The van der Waals surface area contributed by atoms with Crippen molar-refractivity contribution in [2.75, 3.05) is 5.32 Å². The summed E-state index contributed by atoms with van der Waals surface area (Å²) in [6.45, 7) is 0. The highest BCUT2D eigenvalue weighted by molar-refractivity contribution is 5.89. The predicted molar refractivity (Wildman–Crippen MR) is 94.3 cm³/mol. The molecule has 1 aromatic carbocycles. The molecule has 0 aliphatic heterocycles. The van der Waals surface area contributed by atoms with Gasteiger partial charge in [-0.3, -0.25) is 19.7 Å². The highest BCUT2D eigenvalue weighted by Crippen LogP contribution is 2.43. The van der Waals surface area contributed by atoms with E-state index in [1.807, 2.05) is 18.2 Å². The normalized spacial score (nSPS) is 19.2. The average molecular weight is 333 g/mol. The number of carbonyl (C=O) groups is 1. The fourth-order valence-corrected chi connectivity index (χ4v) is 3.34. The third kappa shape index (κ3) is 3.42. The van der Waals surface area contributed by atoms with Crippen molar-refractivity contribution in [1.82, 2.24) is 19.7 Å². The molecule has 1 saturated carbocycles. The van der Waals surface area contributed by atoms with Gasteiger partial charge in [-0.2, -0.15) is 0 Å². The van der Waals surface area contributed by atoms with Crippen molar-refractivity contribution in [3.63, 3.8) is 0 Å². The lowest BCUT2D eigenvalue weighted by atomic mass is 9.70. The van der Waals surface area contributed by atoms with Crippen molar-refractivity contribution in [2.24, 2.45) is 5.92 Å². The quantitative estimate of drug-likeness (QED) is 0.778. The molecule has 1 aliphatic carbocycles. The number of hydrogen-bond acceptors (Lipinski definition) is 4. The molecule has 0 bridgehead atoms. The lowest BCUT2D eigenvalue weighted by Gasteiger charge is -2.35. The number of carbonyl (C=O) groups excluding carboxylic acids is 1. The van der Waals surface area contributed by atoms with Gasteiger partial charge >= 0.3 is 0 Å². The van der Waals surface area contributed by atoms with Crippen LogP contribution in [0.2, 0.25) is 0 Å². The van der Waals surface area contributed by atoms with Gasteiger partial charge in [0.1, 0.15) is 6.33 Å². The first-order valence-electron chi connectivity index (χ1n) is 8.45. The monoisotopic (exact) mass is 333 g/mol. The third-order valence-electron chi connectivity index (χ3n) is 4.70. The van der Waals surface area contributed by atoms with Crippen LogP contribution >= 0.6 is 0 Å². The first kappa shape index (κ1) is 15.5. The summed E-state index contributed by atoms with van der Waals surface area (Å²) in [5, 5.41) is 10.8. The number of pyridine rings is 1. The van der Waals surface area contributed by atoms with Gasteiger partial charge in [-0.25, -0.2) is 0 Å². The molecule has 25 heavy (non-hydrogen) atoms. The van der Waals surface area contributed by atoms with Crippen LogP contribution in [0.25, 0.3) is 5.69 Å². The molecule has 3 aromatic rings. The van der Waals surface area contributed by atoms with Gasteiger partial charge in [0.15, 0.2) is 0 Å². The van der Waals surface area contributed by atoms with Gasteiger partial charge in [0.25, 0.3) is 0 Å². The standard InChI is InChI=1S/C19H19N5O/c25-18(11-14-9-16(10-14)15-5-2-1-3-6-15)22-19-23-21-13-24(19)17-7-4-8-20-12-17/h1-8,12-14,16H,9-11H2,(H,22,23,25). The van der Waals surface area contributed by atoms with Crippen LogP contribution in [0.15, 0.2) is 61.2 Å². The smallest absolute Gasteiger partial charge is 0.235 e. The summed E-state index contributed by atoms with van der Waals surface area (Å²) in [5.74, 6) is 1.42. The van der Waals surface area contributed by atoms with E-state index in [2.05, 4.69) is 44.8 Å². The molecule has 0 radical (unpaired) electrons. The summed E-state index contributed by atoms with van der Waals surface area (Å²) in [7, 11) is 0. The van der Waals surface area contributed by atoms with Gasteiger partial charge in [0.2, 0.25) is 11.9 Å². The molecule has 0 unspecified atom stereocenters. The molecular weight excluding hydrogens is 314 g/mol. The van der Waals surface area contributed by atoms with Crippen LogP contribution in [-0.2, 0) is 4.79 Å².